The monoisotopic (exact) mass is 243 g/mol. The number of pyridine rings is 2. The average Bonchev–Trinajstić information content (AvgIpc) is 2.44. The summed E-state index contributed by atoms with van der Waals surface area (Å²) in [6, 6.07) is 5.22. The van der Waals surface area contributed by atoms with E-state index in [2.05, 4.69) is 15.3 Å². The van der Waals surface area contributed by atoms with Crippen molar-refractivity contribution in [2.75, 3.05) is 5.32 Å². The molecule has 2 heterocycles. The molecule has 1 N–H and O–H groups in total. The van der Waals surface area contributed by atoms with E-state index in [-0.39, 0.29) is 5.91 Å². The van der Waals surface area contributed by atoms with Gasteiger partial charge in [0.25, 0.3) is 5.91 Å². The van der Waals surface area contributed by atoms with Crippen LogP contribution in [0, 0.1) is 6.92 Å². The summed E-state index contributed by atoms with van der Waals surface area (Å²) in [5, 5.41) is 2.81. The molecule has 0 spiro atoms. The highest BCUT2D eigenvalue weighted by molar-refractivity contribution is 6.04. The van der Waals surface area contributed by atoms with Gasteiger partial charge in [0.1, 0.15) is 0 Å². The molecule has 4 nitrogen and oxygen atoms in total. The highest BCUT2D eigenvalue weighted by Crippen LogP contribution is 2.12. The van der Waals surface area contributed by atoms with E-state index in [1.54, 1.807) is 36.8 Å². The third-order valence-electron chi connectivity index (χ3n) is 2.19. The largest absolute Gasteiger partial charge is 0.322 e. The van der Waals surface area contributed by atoms with Gasteiger partial charge in [-0.2, -0.15) is 0 Å². The lowest BCUT2D eigenvalue weighted by molar-refractivity contribution is 0.102. The summed E-state index contributed by atoms with van der Waals surface area (Å²) in [6.45, 7) is 5.89. The highest BCUT2D eigenvalue weighted by atomic mass is 16.1. The van der Waals surface area contributed by atoms with Crippen molar-refractivity contribution < 1.29 is 4.79 Å². The van der Waals surface area contributed by atoms with Crippen LogP contribution in [0.2, 0.25) is 0 Å². The van der Waals surface area contributed by atoms with Crippen LogP contribution in [0.3, 0.4) is 0 Å². The Labute approximate surface area is 107 Å². The van der Waals surface area contributed by atoms with E-state index in [1.165, 1.54) is 6.20 Å². The molecule has 0 unspecified atom stereocenters. The summed E-state index contributed by atoms with van der Waals surface area (Å²) in [5.41, 5.74) is 2.24. The minimum absolute atomic E-state index is 0.164. The van der Waals surface area contributed by atoms with E-state index < -0.39 is 0 Å². The molecule has 94 valence electrons. The molecule has 0 aromatic carbocycles. The number of nitrogens with zero attached hydrogens (tertiary/aromatic N) is 2. The number of anilines is 1. The Balaban J connectivity index is 0.000000771. The van der Waals surface area contributed by atoms with Gasteiger partial charge in [-0.15, -0.1) is 0 Å². The van der Waals surface area contributed by atoms with Gasteiger partial charge < -0.3 is 5.32 Å². The van der Waals surface area contributed by atoms with Gasteiger partial charge in [-0.3, -0.25) is 14.8 Å². The van der Waals surface area contributed by atoms with E-state index in [0.29, 0.717) is 5.56 Å². The Morgan fingerprint density at radius 3 is 2.44 bits per heavy atom. The van der Waals surface area contributed by atoms with Crippen molar-refractivity contribution in [3.05, 3.63) is 54.1 Å². The second-order valence-corrected chi connectivity index (χ2v) is 3.39. The second kappa shape index (κ2) is 7.17. The number of hydrogen-bond donors (Lipinski definition) is 1. The Kier molecular flexibility index (Phi) is 5.51. The number of hydrogen-bond acceptors (Lipinski definition) is 3. The fourth-order valence-electron chi connectivity index (χ4n) is 1.31. The van der Waals surface area contributed by atoms with Crippen molar-refractivity contribution in [1.29, 1.82) is 0 Å². The minimum Gasteiger partial charge on any atom is -0.322 e. The first-order valence-corrected chi connectivity index (χ1v) is 5.89. The number of aromatic nitrogens is 2. The molecule has 18 heavy (non-hydrogen) atoms. The molecule has 2 aromatic rings. The fraction of sp³-hybridized carbons (Fsp3) is 0.214. The van der Waals surface area contributed by atoms with Crippen LogP contribution >= 0.6 is 0 Å². The molecule has 2 rings (SSSR count). The van der Waals surface area contributed by atoms with Gasteiger partial charge >= 0.3 is 0 Å². The van der Waals surface area contributed by atoms with Crippen molar-refractivity contribution in [2.24, 2.45) is 0 Å². The molecule has 0 aliphatic carbocycles. The third kappa shape index (κ3) is 3.66. The molecule has 0 saturated heterocycles. The smallest absolute Gasteiger partial charge is 0.257 e. The number of nitrogens with one attached hydrogen (secondary N) is 1. The van der Waals surface area contributed by atoms with Crippen LogP contribution in [0.1, 0.15) is 29.8 Å². The molecule has 0 fully saturated rings. The average molecular weight is 243 g/mol. The van der Waals surface area contributed by atoms with Crippen LogP contribution in [0.5, 0.6) is 0 Å². The van der Waals surface area contributed by atoms with Gasteiger partial charge in [0.05, 0.1) is 5.56 Å². The lowest BCUT2D eigenvalue weighted by atomic mass is 10.2. The standard InChI is InChI=1S/C12H11N3O.C2H6/c1-9-7-14-6-4-11(9)15-12(16)10-3-2-5-13-8-10;1-2/h2-8H,1H3,(H,14,15,16);1-2H3. The molecule has 0 atom stereocenters. The molecule has 0 aliphatic rings. The molecule has 0 aliphatic heterocycles. The van der Waals surface area contributed by atoms with Gasteiger partial charge in [-0.25, -0.2) is 0 Å². The first kappa shape index (κ1) is 13.8. The van der Waals surface area contributed by atoms with Crippen molar-refractivity contribution in [1.82, 2.24) is 9.97 Å². The molecule has 0 radical (unpaired) electrons. The van der Waals surface area contributed by atoms with E-state index in [1.807, 2.05) is 20.8 Å². The van der Waals surface area contributed by atoms with Crippen molar-refractivity contribution in [3.63, 3.8) is 0 Å². The Morgan fingerprint density at radius 2 is 1.83 bits per heavy atom. The lowest BCUT2D eigenvalue weighted by Gasteiger charge is -2.06. The lowest BCUT2D eigenvalue weighted by Crippen LogP contribution is -2.12. The summed E-state index contributed by atoms with van der Waals surface area (Å²) < 4.78 is 0. The van der Waals surface area contributed by atoms with E-state index in [9.17, 15) is 4.79 Å². The number of rotatable bonds is 2. The zero-order chi connectivity index (χ0) is 13.4. The molecular weight excluding hydrogens is 226 g/mol. The van der Waals surface area contributed by atoms with Gasteiger partial charge in [0.2, 0.25) is 0 Å². The Hall–Kier alpha value is -2.23. The predicted octanol–water partition coefficient (Wildman–Crippen LogP) is 3.06. The van der Waals surface area contributed by atoms with Crippen molar-refractivity contribution in [3.8, 4) is 0 Å². The number of carbonyl (C=O) groups is 1. The maximum atomic E-state index is 11.8. The highest BCUT2D eigenvalue weighted by Gasteiger charge is 2.06. The molecule has 1 amide bonds. The summed E-state index contributed by atoms with van der Waals surface area (Å²) >= 11 is 0. The number of aryl methyl sites for hydroxylation is 1. The van der Waals surface area contributed by atoms with Gasteiger partial charge in [-0.1, -0.05) is 13.8 Å². The van der Waals surface area contributed by atoms with Crippen LogP contribution in [-0.2, 0) is 0 Å². The normalized spacial score (nSPS) is 9.06. The summed E-state index contributed by atoms with van der Waals surface area (Å²) in [7, 11) is 0. The molecular formula is C14H17N3O. The molecule has 0 saturated carbocycles. The van der Waals surface area contributed by atoms with Crippen molar-refractivity contribution in [2.45, 2.75) is 20.8 Å². The van der Waals surface area contributed by atoms with Gasteiger partial charge in [0, 0.05) is 30.5 Å². The quantitative estimate of drug-likeness (QED) is 0.881. The molecule has 2 aromatic heterocycles. The molecule has 0 bridgehead atoms. The Morgan fingerprint density at radius 1 is 1.11 bits per heavy atom. The predicted molar refractivity (Wildman–Crippen MR) is 72.5 cm³/mol. The fourth-order valence-corrected chi connectivity index (χ4v) is 1.31. The number of carbonyl (C=O) groups excluding carboxylic acids is 1. The third-order valence-corrected chi connectivity index (χ3v) is 2.19. The number of amides is 1. The maximum absolute atomic E-state index is 11.8. The SMILES string of the molecule is CC.Cc1cnccc1NC(=O)c1cccnc1. The van der Waals surface area contributed by atoms with Crippen LogP contribution in [0.25, 0.3) is 0 Å². The summed E-state index contributed by atoms with van der Waals surface area (Å²) in [6.07, 6.45) is 6.52. The van der Waals surface area contributed by atoms with E-state index in [0.717, 1.165) is 11.3 Å². The zero-order valence-electron chi connectivity index (χ0n) is 10.8. The maximum Gasteiger partial charge on any atom is 0.257 e. The van der Waals surface area contributed by atoms with Crippen molar-refractivity contribution >= 4 is 11.6 Å². The molecule has 4 heteroatoms. The first-order chi connectivity index (χ1) is 8.77. The zero-order valence-corrected chi connectivity index (χ0v) is 10.8. The first-order valence-electron chi connectivity index (χ1n) is 5.89. The van der Waals surface area contributed by atoms with Crippen LogP contribution in [0.4, 0.5) is 5.69 Å². The minimum atomic E-state index is -0.164. The second-order valence-electron chi connectivity index (χ2n) is 3.39. The van der Waals surface area contributed by atoms with E-state index in [4.69, 9.17) is 0 Å². The van der Waals surface area contributed by atoms with Gasteiger partial charge in [-0.05, 0) is 30.7 Å². The topological polar surface area (TPSA) is 54.9 Å². The summed E-state index contributed by atoms with van der Waals surface area (Å²) in [5.74, 6) is -0.164. The van der Waals surface area contributed by atoms with Gasteiger partial charge in [0.15, 0.2) is 0 Å². The van der Waals surface area contributed by atoms with Crippen LogP contribution in [-0.4, -0.2) is 15.9 Å². The van der Waals surface area contributed by atoms with Crippen LogP contribution in [0.15, 0.2) is 43.0 Å². The Bertz CT molecular complexity index is 497. The summed E-state index contributed by atoms with van der Waals surface area (Å²) in [4.78, 5) is 19.7. The van der Waals surface area contributed by atoms with Crippen LogP contribution < -0.4 is 5.32 Å². The van der Waals surface area contributed by atoms with E-state index >= 15 is 0 Å².